The number of ether oxygens (including phenoxy) is 1. The van der Waals surface area contributed by atoms with Crippen LogP contribution in [0.3, 0.4) is 0 Å². The second-order valence-corrected chi connectivity index (χ2v) is 8.35. The second-order valence-electron chi connectivity index (χ2n) is 8.35. The highest BCUT2D eigenvalue weighted by molar-refractivity contribution is 5.78. The summed E-state index contributed by atoms with van der Waals surface area (Å²) in [6, 6.07) is 10.9. The Morgan fingerprint density at radius 1 is 1.09 bits per heavy atom. The van der Waals surface area contributed by atoms with Crippen LogP contribution in [-0.2, 0) is 23.8 Å². The topological polar surface area (TPSA) is 62.1 Å². The average molecular weight is 458 g/mol. The first-order valence-corrected chi connectivity index (χ1v) is 10.9. The standard InChI is InChI=1S/C25H25F3N2O3/c26-25(27,28)21-5-2-19(3-6-21)23-8-1-17(14-29-23)15-30-11-9-18-4-7-22(33-16-24(31)32)13-20(18)10-12-30/h2-8,13-14,17H,1,9-12,15-16H2,(H,31,32). The molecule has 0 aliphatic carbocycles. The molecule has 2 aliphatic rings. The SMILES string of the molecule is O=C(O)COc1ccc2c(c1)CCN(CC1C=NC(c3ccc(C(F)(F)F)cc3)=CC1)CC2. The molecule has 0 radical (unpaired) electrons. The molecule has 174 valence electrons. The highest BCUT2D eigenvalue weighted by Gasteiger charge is 2.30. The lowest BCUT2D eigenvalue weighted by Crippen LogP contribution is -2.32. The fourth-order valence-electron chi connectivity index (χ4n) is 4.20. The summed E-state index contributed by atoms with van der Waals surface area (Å²) in [5.74, 6) is -0.176. The Balaban J connectivity index is 1.31. The van der Waals surface area contributed by atoms with Gasteiger partial charge in [0.25, 0.3) is 0 Å². The van der Waals surface area contributed by atoms with E-state index in [1.807, 2.05) is 30.5 Å². The number of hydrogen-bond donors (Lipinski definition) is 1. The summed E-state index contributed by atoms with van der Waals surface area (Å²) in [5.41, 5.74) is 3.16. The van der Waals surface area contributed by atoms with Gasteiger partial charge in [0.05, 0.1) is 11.3 Å². The smallest absolute Gasteiger partial charge is 0.416 e. The Hall–Kier alpha value is -3.13. The molecule has 33 heavy (non-hydrogen) atoms. The molecule has 4 rings (SSSR count). The fourth-order valence-corrected chi connectivity index (χ4v) is 4.20. The number of carbonyl (C=O) groups is 1. The van der Waals surface area contributed by atoms with Crippen LogP contribution >= 0.6 is 0 Å². The summed E-state index contributed by atoms with van der Waals surface area (Å²) in [5, 5.41) is 8.78. The minimum atomic E-state index is -4.34. The van der Waals surface area contributed by atoms with E-state index in [1.54, 1.807) is 0 Å². The molecule has 5 nitrogen and oxygen atoms in total. The maximum Gasteiger partial charge on any atom is 0.416 e. The number of aliphatic carboxylic acids is 1. The summed E-state index contributed by atoms with van der Waals surface area (Å²) >= 11 is 0. The average Bonchev–Trinajstić information content (AvgIpc) is 3.00. The number of alkyl halides is 3. The van der Waals surface area contributed by atoms with E-state index in [1.165, 1.54) is 23.3 Å². The van der Waals surface area contributed by atoms with E-state index in [4.69, 9.17) is 9.84 Å². The molecule has 0 bridgehead atoms. The monoisotopic (exact) mass is 458 g/mol. The van der Waals surface area contributed by atoms with Crippen LogP contribution in [0.4, 0.5) is 13.2 Å². The summed E-state index contributed by atoms with van der Waals surface area (Å²) < 4.78 is 43.6. The zero-order valence-corrected chi connectivity index (χ0v) is 18.0. The third-order valence-electron chi connectivity index (χ3n) is 5.97. The van der Waals surface area contributed by atoms with E-state index in [0.29, 0.717) is 17.0 Å². The van der Waals surface area contributed by atoms with Gasteiger partial charge in [-0.05, 0) is 60.2 Å². The number of rotatable bonds is 6. The lowest BCUT2D eigenvalue weighted by molar-refractivity contribution is -0.139. The van der Waals surface area contributed by atoms with E-state index < -0.39 is 17.7 Å². The maximum atomic E-state index is 12.8. The van der Waals surface area contributed by atoms with Gasteiger partial charge in [-0.1, -0.05) is 24.3 Å². The van der Waals surface area contributed by atoms with Crippen molar-refractivity contribution in [2.24, 2.45) is 10.9 Å². The highest BCUT2D eigenvalue weighted by Crippen LogP contribution is 2.31. The van der Waals surface area contributed by atoms with Crippen LogP contribution in [0.5, 0.6) is 5.75 Å². The Morgan fingerprint density at radius 2 is 1.82 bits per heavy atom. The first kappa shape index (κ1) is 23.0. The van der Waals surface area contributed by atoms with Gasteiger partial charge < -0.3 is 14.7 Å². The number of aliphatic imine (C=N–C) groups is 1. The van der Waals surface area contributed by atoms with Gasteiger partial charge in [0.2, 0.25) is 0 Å². The van der Waals surface area contributed by atoms with Crippen LogP contribution in [0.2, 0.25) is 0 Å². The van der Waals surface area contributed by atoms with Crippen molar-refractivity contribution >= 4 is 17.9 Å². The van der Waals surface area contributed by atoms with Gasteiger partial charge in [-0.3, -0.25) is 4.99 Å². The Labute approximate surface area is 190 Å². The number of benzene rings is 2. The third-order valence-corrected chi connectivity index (χ3v) is 5.97. The molecule has 0 fully saturated rings. The van der Waals surface area contributed by atoms with Gasteiger partial charge in [0, 0.05) is 31.8 Å². The number of fused-ring (bicyclic) bond motifs is 1. The lowest BCUT2D eigenvalue weighted by atomic mass is 10.00. The second kappa shape index (κ2) is 9.79. The molecule has 2 aliphatic heterocycles. The van der Waals surface area contributed by atoms with Crippen molar-refractivity contribution < 1.29 is 27.8 Å². The van der Waals surface area contributed by atoms with Crippen LogP contribution in [0.1, 0.15) is 28.7 Å². The number of carboxylic acid groups (broad SMARTS) is 1. The van der Waals surface area contributed by atoms with Crippen molar-refractivity contribution in [3.8, 4) is 5.75 Å². The summed E-state index contributed by atoms with van der Waals surface area (Å²) in [6.45, 7) is 2.31. The zero-order valence-electron chi connectivity index (χ0n) is 18.0. The van der Waals surface area contributed by atoms with Crippen molar-refractivity contribution in [1.82, 2.24) is 4.90 Å². The van der Waals surface area contributed by atoms with Crippen LogP contribution in [0.15, 0.2) is 53.5 Å². The van der Waals surface area contributed by atoms with E-state index in [-0.39, 0.29) is 12.5 Å². The molecule has 2 aromatic rings. The molecular formula is C25H25F3N2O3. The van der Waals surface area contributed by atoms with Crippen LogP contribution in [0.25, 0.3) is 5.70 Å². The van der Waals surface area contributed by atoms with Gasteiger partial charge in [0.1, 0.15) is 5.75 Å². The summed E-state index contributed by atoms with van der Waals surface area (Å²) in [6.07, 6.45) is 2.11. The van der Waals surface area contributed by atoms with E-state index in [2.05, 4.69) is 9.89 Å². The highest BCUT2D eigenvalue weighted by atomic mass is 19.4. The van der Waals surface area contributed by atoms with Crippen molar-refractivity contribution in [3.05, 3.63) is 70.8 Å². The van der Waals surface area contributed by atoms with E-state index >= 15 is 0 Å². The summed E-state index contributed by atoms with van der Waals surface area (Å²) in [7, 11) is 0. The largest absolute Gasteiger partial charge is 0.482 e. The molecule has 0 amide bonds. The molecule has 1 atom stereocenters. The van der Waals surface area contributed by atoms with Gasteiger partial charge in [0.15, 0.2) is 6.61 Å². The number of halogens is 3. The Kier molecular flexibility index (Phi) is 6.83. The van der Waals surface area contributed by atoms with E-state index in [9.17, 15) is 18.0 Å². The first-order chi connectivity index (χ1) is 15.8. The normalized spacial score (nSPS) is 18.9. The maximum absolute atomic E-state index is 12.8. The van der Waals surface area contributed by atoms with Crippen molar-refractivity contribution in [1.29, 1.82) is 0 Å². The minimum Gasteiger partial charge on any atom is -0.482 e. The van der Waals surface area contributed by atoms with E-state index in [0.717, 1.165) is 51.0 Å². The predicted octanol–water partition coefficient (Wildman–Crippen LogP) is 4.70. The lowest BCUT2D eigenvalue weighted by Gasteiger charge is -2.25. The molecular weight excluding hydrogens is 433 g/mol. The van der Waals surface area contributed by atoms with Crippen molar-refractivity contribution in [3.63, 3.8) is 0 Å². The first-order valence-electron chi connectivity index (χ1n) is 10.9. The Bertz CT molecular complexity index is 1060. The molecule has 2 heterocycles. The number of carboxylic acids is 1. The molecule has 0 saturated heterocycles. The number of allylic oxidation sites excluding steroid dienone is 1. The molecule has 1 N–H and O–H groups in total. The molecule has 1 unspecified atom stereocenters. The third kappa shape index (κ3) is 6.01. The van der Waals surface area contributed by atoms with Crippen LogP contribution in [-0.4, -0.2) is 48.4 Å². The molecule has 8 heteroatoms. The number of nitrogens with zero attached hydrogens (tertiary/aromatic N) is 2. The Morgan fingerprint density at radius 3 is 2.45 bits per heavy atom. The van der Waals surface area contributed by atoms with Gasteiger partial charge in [-0.25, -0.2) is 4.79 Å². The van der Waals surface area contributed by atoms with Gasteiger partial charge in [-0.15, -0.1) is 0 Å². The summed E-state index contributed by atoms with van der Waals surface area (Å²) in [4.78, 5) is 17.6. The molecule has 0 aromatic heterocycles. The van der Waals surface area contributed by atoms with Gasteiger partial charge >= 0.3 is 12.1 Å². The minimum absolute atomic E-state index is 0.249. The quantitative estimate of drug-likeness (QED) is 0.682. The van der Waals surface area contributed by atoms with Crippen LogP contribution < -0.4 is 4.74 Å². The van der Waals surface area contributed by atoms with Gasteiger partial charge in [-0.2, -0.15) is 13.2 Å². The van der Waals surface area contributed by atoms with Crippen molar-refractivity contribution in [2.75, 3.05) is 26.2 Å². The molecule has 2 aromatic carbocycles. The molecule has 0 saturated carbocycles. The fraction of sp³-hybridized carbons (Fsp3) is 0.360. The number of hydrogen-bond acceptors (Lipinski definition) is 4. The van der Waals surface area contributed by atoms with Crippen LogP contribution in [0, 0.1) is 5.92 Å². The predicted molar refractivity (Wildman–Crippen MR) is 119 cm³/mol. The van der Waals surface area contributed by atoms with Crippen molar-refractivity contribution in [2.45, 2.75) is 25.4 Å². The molecule has 0 spiro atoms. The zero-order chi connectivity index (χ0) is 23.4.